The lowest BCUT2D eigenvalue weighted by molar-refractivity contribution is -0.138. The lowest BCUT2D eigenvalue weighted by atomic mass is 10.3. The van der Waals surface area contributed by atoms with E-state index in [1.807, 2.05) is 0 Å². The maximum atomic E-state index is 11.2. The molecule has 0 aliphatic carbocycles. The number of carbonyl (C=O) groups is 3. The summed E-state index contributed by atoms with van der Waals surface area (Å²) in [7, 11) is 1.50. The number of amides is 3. The summed E-state index contributed by atoms with van der Waals surface area (Å²) in [4.78, 5) is 33.6. The summed E-state index contributed by atoms with van der Waals surface area (Å²) in [6.07, 6.45) is 1.02. The number of carboxylic acid groups (broad SMARTS) is 1. The first-order chi connectivity index (χ1) is 6.97. The molecule has 0 aromatic rings. The molecule has 0 heterocycles. The van der Waals surface area contributed by atoms with Gasteiger partial charge in [0.1, 0.15) is 0 Å². The normalized spacial score (nSPS) is 9.13. The molecule has 0 aliphatic heterocycles. The van der Waals surface area contributed by atoms with Gasteiger partial charge in [0.05, 0.1) is 6.42 Å². The van der Waals surface area contributed by atoms with Gasteiger partial charge >= 0.3 is 12.0 Å². The van der Waals surface area contributed by atoms with Gasteiger partial charge in [-0.2, -0.15) is 0 Å². The zero-order chi connectivity index (χ0) is 11.8. The SMILES string of the molecule is C=CCN(C)C(=O)NC(=O)CCC(=O)O. The number of carbonyl (C=O) groups excluding carboxylic acids is 2. The zero-order valence-corrected chi connectivity index (χ0v) is 8.52. The third kappa shape index (κ3) is 6.25. The van der Waals surface area contributed by atoms with Crippen molar-refractivity contribution in [2.24, 2.45) is 0 Å². The van der Waals surface area contributed by atoms with Crippen molar-refractivity contribution in [2.75, 3.05) is 13.6 Å². The lowest BCUT2D eigenvalue weighted by Gasteiger charge is -2.14. The molecule has 15 heavy (non-hydrogen) atoms. The quantitative estimate of drug-likeness (QED) is 0.640. The van der Waals surface area contributed by atoms with Crippen LogP contribution in [0.2, 0.25) is 0 Å². The molecule has 6 heteroatoms. The fraction of sp³-hybridized carbons (Fsp3) is 0.444. The summed E-state index contributed by atoms with van der Waals surface area (Å²) in [5.74, 6) is -1.67. The first-order valence-electron chi connectivity index (χ1n) is 4.35. The fourth-order valence-corrected chi connectivity index (χ4v) is 0.774. The summed E-state index contributed by atoms with van der Waals surface area (Å²) in [6.45, 7) is 3.75. The van der Waals surface area contributed by atoms with Gasteiger partial charge in [-0.15, -0.1) is 6.58 Å². The van der Waals surface area contributed by atoms with Crippen molar-refractivity contribution in [3.63, 3.8) is 0 Å². The van der Waals surface area contributed by atoms with E-state index >= 15 is 0 Å². The Morgan fingerprint density at radius 3 is 2.47 bits per heavy atom. The molecule has 0 unspecified atom stereocenters. The Labute approximate surface area is 87.6 Å². The van der Waals surface area contributed by atoms with Gasteiger partial charge in [-0.05, 0) is 0 Å². The van der Waals surface area contributed by atoms with E-state index in [4.69, 9.17) is 5.11 Å². The minimum absolute atomic E-state index is 0.205. The first kappa shape index (κ1) is 13.2. The van der Waals surface area contributed by atoms with Crippen molar-refractivity contribution >= 4 is 17.9 Å². The van der Waals surface area contributed by atoms with Crippen LogP contribution < -0.4 is 5.32 Å². The van der Waals surface area contributed by atoms with Crippen LogP contribution in [0.15, 0.2) is 12.7 Å². The highest BCUT2D eigenvalue weighted by molar-refractivity contribution is 5.95. The average molecular weight is 214 g/mol. The van der Waals surface area contributed by atoms with Gasteiger partial charge in [-0.25, -0.2) is 4.79 Å². The average Bonchev–Trinajstić information content (AvgIpc) is 2.15. The minimum Gasteiger partial charge on any atom is -0.481 e. The van der Waals surface area contributed by atoms with Crippen LogP contribution in [0.3, 0.4) is 0 Å². The number of carboxylic acids is 1. The number of imide groups is 1. The molecular weight excluding hydrogens is 200 g/mol. The highest BCUT2D eigenvalue weighted by Crippen LogP contribution is 1.90. The standard InChI is InChI=1S/C9H14N2O4/c1-3-6-11(2)9(15)10-7(12)4-5-8(13)14/h3H,1,4-6H2,2H3,(H,13,14)(H,10,12,15). The Balaban J connectivity index is 3.90. The predicted molar refractivity (Wildman–Crippen MR) is 53.2 cm³/mol. The van der Waals surface area contributed by atoms with Crippen LogP contribution in [-0.4, -0.2) is 41.5 Å². The number of nitrogens with zero attached hydrogens (tertiary/aromatic N) is 1. The highest BCUT2D eigenvalue weighted by Gasteiger charge is 2.12. The molecule has 0 spiro atoms. The molecule has 0 saturated heterocycles. The van der Waals surface area contributed by atoms with Gasteiger partial charge in [0.2, 0.25) is 5.91 Å². The Kier molecular flexibility index (Phi) is 5.77. The number of rotatable bonds is 5. The number of aliphatic carboxylic acids is 1. The number of nitrogens with one attached hydrogen (secondary N) is 1. The van der Waals surface area contributed by atoms with Crippen molar-refractivity contribution in [3.8, 4) is 0 Å². The maximum Gasteiger partial charge on any atom is 0.324 e. The fourth-order valence-electron chi connectivity index (χ4n) is 0.774. The lowest BCUT2D eigenvalue weighted by Crippen LogP contribution is -2.40. The van der Waals surface area contributed by atoms with Gasteiger partial charge in [0.15, 0.2) is 0 Å². The Hall–Kier alpha value is -1.85. The summed E-state index contributed by atoms with van der Waals surface area (Å²) in [6, 6.07) is -0.565. The molecule has 0 bridgehead atoms. The number of urea groups is 1. The third-order valence-electron chi connectivity index (χ3n) is 1.56. The first-order valence-corrected chi connectivity index (χ1v) is 4.35. The monoisotopic (exact) mass is 214 g/mol. The molecule has 84 valence electrons. The van der Waals surface area contributed by atoms with Crippen LogP contribution in [-0.2, 0) is 9.59 Å². The zero-order valence-electron chi connectivity index (χ0n) is 8.52. The van der Waals surface area contributed by atoms with E-state index < -0.39 is 17.9 Å². The molecule has 0 aliphatic rings. The number of hydrogen-bond acceptors (Lipinski definition) is 3. The summed E-state index contributed by atoms with van der Waals surface area (Å²) >= 11 is 0. The van der Waals surface area contributed by atoms with Crippen LogP contribution in [0.5, 0.6) is 0 Å². The number of hydrogen-bond donors (Lipinski definition) is 2. The summed E-state index contributed by atoms with van der Waals surface area (Å²) in [5.41, 5.74) is 0. The van der Waals surface area contributed by atoms with Crippen LogP contribution >= 0.6 is 0 Å². The molecule has 0 fully saturated rings. The van der Waals surface area contributed by atoms with Crippen LogP contribution in [0.4, 0.5) is 4.79 Å². The highest BCUT2D eigenvalue weighted by atomic mass is 16.4. The van der Waals surface area contributed by atoms with Gasteiger partial charge in [0.25, 0.3) is 0 Å². The second-order valence-electron chi connectivity index (χ2n) is 2.92. The van der Waals surface area contributed by atoms with Crippen molar-refractivity contribution < 1.29 is 19.5 Å². The van der Waals surface area contributed by atoms with Gasteiger partial charge in [-0.3, -0.25) is 14.9 Å². The molecule has 2 N–H and O–H groups in total. The van der Waals surface area contributed by atoms with Crippen LogP contribution in [0, 0.1) is 0 Å². The molecular formula is C9H14N2O4. The maximum absolute atomic E-state index is 11.2. The molecule has 3 amide bonds. The Morgan fingerprint density at radius 2 is 2.00 bits per heavy atom. The van der Waals surface area contributed by atoms with E-state index in [0.717, 1.165) is 0 Å². The Morgan fingerprint density at radius 1 is 1.40 bits per heavy atom. The van der Waals surface area contributed by atoms with Crippen molar-refractivity contribution in [3.05, 3.63) is 12.7 Å². The molecule has 6 nitrogen and oxygen atoms in total. The summed E-state index contributed by atoms with van der Waals surface area (Å²) in [5, 5.41) is 10.4. The minimum atomic E-state index is -1.07. The molecule has 0 radical (unpaired) electrons. The van der Waals surface area contributed by atoms with Gasteiger partial charge in [0, 0.05) is 20.0 Å². The van der Waals surface area contributed by atoms with E-state index in [1.165, 1.54) is 18.0 Å². The molecule has 0 aromatic heterocycles. The van der Waals surface area contributed by atoms with Crippen molar-refractivity contribution in [1.82, 2.24) is 10.2 Å². The van der Waals surface area contributed by atoms with E-state index in [9.17, 15) is 14.4 Å². The molecule has 0 saturated carbocycles. The van der Waals surface area contributed by atoms with E-state index in [0.29, 0.717) is 6.54 Å². The predicted octanol–water partition coefficient (Wildman–Crippen LogP) is 0.205. The molecule has 0 aromatic carbocycles. The van der Waals surface area contributed by atoms with Crippen LogP contribution in [0.25, 0.3) is 0 Å². The second-order valence-corrected chi connectivity index (χ2v) is 2.92. The van der Waals surface area contributed by atoms with E-state index in [-0.39, 0.29) is 12.8 Å². The second kappa shape index (κ2) is 6.58. The van der Waals surface area contributed by atoms with E-state index in [2.05, 4.69) is 11.9 Å². The third-order valence-corrected chi connectivity index (χ3v) is 1.56. The topological polar surface area (TPSA) is 86.7 Å². The smallest absolute Gasteiger partial charge is 0.324 e. The number of likely N-dealkylation sites (N-methyl/N-ethyl adjacent to an activating group) is 1. The van der Waals surface area contributed by atoms with Gasteiger partial charge < -0.3 is 10.0 Å². The van der Waals surface area contributed by atoms with Crippen molar-refractivity contribution in [2.45, 2.75) is 12.8 Å². The Bertz CT molecular complexity index is 275. The largest absolute Gasteiger partial charge is 0.481 e. The van der Waals surface area contributed by atoms with E-state index in [1.54, 1.807) is 0 Å². The van der Waals surface area contributed by atoms with Crippen LogP contribution in [0.1, 0.15) is 12.8 Å². The van der Waals surface area contributed by atoms with Crippen molar-refractivity contribution in [1.29, 1.82) is 0 Å². The molecule has 0 rings (SSSR count). The van der Waals surface area contributed by atoms with Gasteiger partial charge in [-0.1, -0.05) is 6.08 Å². The molecule has 0 atom stereocenters. The summed E-state index contributed by atoms with van der Waals surface area (Å²) < 4.78 is 0.